The maximum atomic E-state index is 12.3. The molecule has 11 atom stereocenters. The Morgan fingerprint density at radius 2 is 1.66 bits per heavy atom. The molecule has 8 N–H and O–H groups in total. The van der Waals surface area contributed by atoms with Gasteiger partial charge < -0.3 is 44.8 Å². The Bertz CT molecular complexity index is 1250. The van der Waals surface area contributed by atoms with Crippen LogP contribution in [0.3, 0.4) is 0 Å². The maximum Gasteiger partial charge on any atom is 0.483 e. The number of azide groups is 1. The Kier molecular flexibility index (Phi) is 9.64. The van der Waals surface area contributed by atoms with Crippen molar-refractivity contribution in [3.05, 3.63) is 43.5 Å². The number of nitrogens with zero attached hydrogens (tertiary/aromatic N) is 4. The summed E-state index contributed by atoms with van der Waals surface area (Å²) in [6, 6.07) is 0.924. The monoisotopic (exact) mass is 591 g/mol. The van der Waals surface area contributed by atoms with E-state index in [1.807, 2.05) is 4.98 Å². The average Bonchev–Trinajstić information content (AvgIpc) is 3.10. The number of rotatable bonds is 10. The zero-order valence-corrected chi connectivity index (χ0v) is 20.5. The van der Waals surface area contributed by atoms with Crippen molar-refractivity contribution < 1.29 is 67.3 Å². The summed E-state index contributed by atoms with van der Waals surface area (Å²) in [7, 11) is -11.1. The van der Waals surface area contributed by atoms with Crippen LogP contribution in [0.1, 0.15) is 6.23 Å². The molecule has 21 nitrogen and oxygen atoms in total. The van der Waals surface area contributed by atoms with E-state index in [0.29, 0.717) is 0 Å². The van der Waals surface area contributed by atoms with Crippen LogP contribution in [-0.2, 0) is 32.0 Å². The van der Waals surface area contributed by atoms with Gasteiger partial charge in [0, 0.05) is 17.2 Å². The first kappa shape index (κ1) is 30.5. The molecule has 0 aromatic carbocycles. The quantitative estimate of drug-likeness (QED) is 0.0567. The number of phosphoric acid groups is 2. The zero-order valence-electron chi connectivity index (χ0n) is 18.8. The Balaban J connectivity index is 1.62. The predicted octanol–water partition coefficient (Wildman–Crippen LogP) is -3.48. The number of ether oxygens (including phenoxy) is 2. The van der Waals surface area contributed by atoms with Crippen LogP contribution >= 0.6 is 15.6 Å². The van der Waals surface area contributed by atoms with Gasteiger partial charge in [0.25, 0.3) is 5.56 Å². The second-order valence-corrected chi connectivity index (χ2v) is 10.9. The van der Waals surface area contributed by atoms with Crippen molar-refractivity contribution in [3.8, 4) is 0 Å². The second kappa shape index (κ2) is 12.0. The van der Waals surface area contributed by atoms with E-state index in [1.54, 1.807) is 0 Å². The highest BCUT2D eigenvalue weighted by Crippen LogP contribution is 2.61. The van der Waals surface area contributed by atoms with Crippen LogP contribution in [0.2, 0.25) is 0 Å². The van der Waals surface area contributed by atoms with E-state index in [1.165, 1.54) is 0 Å². The number of hydrogen-bond donors (Lipinski definition) is 8. The standard InChI is InChI=1S/C15H23N5O16P2/c16-19-17-3-5-8(22)10(24)12(26)14(34-5)35-38(30,31)36-37(28,29)32-4-6-9(23)11(25)13(33-6)20-2-1-7(21)18-15(20)27/h1-2,5-6,8-14,22-26H,3-4H2,(H,28,29)(H,30,31)(H,18,21,27)/t5?,6-,8?,9-,10?,11-,12?,13-,14?/m1/s1. The summed E-state index contributed by atoms with van der Waals surface area (Å²) in [5.74, 6) is 0. The number of nitrogens with one attached hydrogen (secondary N) is 1. The van der Waals surface area contributed by atoms with Gasteiger partial charge in [-0.1, -0.05) is 5.11 Å². The highest BCUT2D eigenvalue weighted by Gasteiger charge is 2.49. The van der Waals surface area contributed by atoms with E-state index in [-0.39, 0.29) is 0 Å². The minimum Gasteiger partial charge on any atom is -0.388 e. The summed E-state index contributed by atoms with van der Waals surface area (Å²) in [4.78, 5) is 47.1. The summed E-state index contributed by atoms with van der Waals surface area (Å²) in [6.45, 7) is -1.64. The fourth-order valence-corrected chi connectivity index (χ4v) is 5.63. The van der Waals surface area contributed by atoms with Crippen molar-refractivity contribution in [2.24, 2.45) is 5.11 Å². The first-order chi connectivity index (χ1) is 17.7. The molecular formula is C15H23N5O16P2. The zero-order chi connectivity index (χ0) is 28.4. The molecule has 2 aliphatic heterocycles. The first-order valence-corrected chi connectivity index (χ1v) is 13.4. The van der Waals surface area contributed by atoms with Gasteiger partial charge in [-0.05, 0) is 5.53 Å². The van der Waals surface area contributed by atoms with Gasteiger partial charge in [-0.2, -0.15) is 4.31 Å². The van der Waals surface area contributed by atoms with Gasteiger partial charge in [0.2, 0.25) is 0 Å². The number of H-pyrrole nitrogens is 1. The Morgan fingerprint density at radius 3 is 2.29 bits per heavy atom. The minimum atomic E-state index is -5.63. The van der Waals surface area contributed by atoms with Crippen LogP contribution in [0.25, 0.3) is 10.4 Å². The molecule has 0 radical (unpaired) electrons. The molecular weight excluding hydrogens is 568 g/mol. The number of aliphatic hydroxyl groups is 5. The molecule has 1 aromatic heterocycles. The predicted molar refractivity (Wildman–Crippen MR) is 116 cm³/mol. The van der Waals surface area contributed by atoms with Crippen molar-refractivity contribution in [2.45, 2.75) is 55.2 Å². The third-order valence-corrected chi connectivity index (χ3v) is 7.90. The highest BCUT2D eigenvalue weighted by molar-refractivity contribution is 7.61. The Hall–Kier alpha value is -2.03. The summed E-state index contributed by atoms with van der Waals surface area (Å²) in [6.07, 6.45) is -15.5. The Morgan fingerprint density at radius 1 is 1.00 bits per heavy atom. The van der Waals surface area contributed by atoms with Crippen LogP contribution in [0.5, 0.6) is 0 Å². The maximum absolute atomic E-state index is 12.3. The average molecular weight is 591 g/mol. The molecule has 0 spiro atoms. The lowest BCUT2D eigenvalue weighted by atomic mass is 9.99. The molecule has 3 heterocycles. The molecule has 38 heavy (non-hydrogen) atoms. The van der Waals surface area contributed by atoms with E-state index in [2.05, 4.69) is 23.4 Å². The van der Waals surface area contributed by atoms with Crippen LogP contribution in [0.15, 0.2) is 27.0 Å². The number of phosphoric ester groups is 2. The molecule has 0 aliphatic carbocycles. The summed E-state index contributed by atoms with van der Waals surface area (Å²) < 4.78 is 48.5. The highest BCUT2D eigenvalue weighted by atomic mass is 31.3. The topological polar surface area (TPSA) is 326 Å². The smallest absolute Gasteiger partial charge is 0.388 e. The van der Waals surface area contributed by atoms with Crippen molar-refractivity contribution in [1.29, 1.82) is 0 Å². The molecule has 23 heteroatoms. The molecule has 2 aliphatic rings. The molecule has 1 aromatic rings. The lowest BCUT2D eigenvalue weighted by molar-refractivity contribution is -0.272. The van der Waals surface area contributed by atoms with Gasteiger partial charge in [0.15, 0.2) is 12.5 Å². The van der Waals surface area contributed by atoms with Crippen molar-refractivity contribution >= 4 is 15.6 Å². The summed E-state index contributed by atoms with van der Waals surface area (Å²) in [5, 5.41) is 53.1. The fraction of sp³-hybridized carbons (Fsp3) is 0.733. The lowest BCUT2D eigenvalue weighted by Crippen LogP contribution is -2.58. The summed E-state index contributed by atoms with van der Waals surface area (Å²) in [5.41, 5.74) is 6.61. The fourth-order valence-electron chi connectivity index (χ4n) is 3.47. The first-order valence-electron chi connectivity index (χ1n) is 10.4. The normalized spacial score (nSPS) is 36.7. The Labute approximate surface area is 210 Å². The molecule has 3 rings (SSSR count). The van der Waals surface area contributed by atoms with Crippen molar-refractivity contribution in [2.75, 3.05) is 13.2 Å². The minimum absolute atomic E-state index is 0.596. The SMILES string of the molecule is [N-]=[N+]=NCC1OC(OP(=O)(O)OP(=O)(O)OC[C@H]2O[C@@H](n3ccc(=O)[nH]c3=O)[C@H](O)[C@@H]2O)C(O)C(O)C1O. The van der Waals surface area contributed by atoms with E-state index < -0.39 is 95.3 Å². The molecule has 2 saturated heterocycles. The van der Waals surface area contributed by atoms with E-state index in [4.69, 9.17) is 15.0 Å². The van der Waals surface area contributed by atoms with Gasteiger partial charge in [-0.3, -0.25) is 23.4 Å². The van der Waals surface area contributed by atoms with Crippen LogP contribution in [0, 0.1) is 0 Å². The lowest BCUT2D eigenvalue weighted by Gasteiger charge is -2.39. The number of aromatic amines is 1. The number of aliphatic hydroxyl groups excluding tert-OH is 5. The van der Waals surface area contributed by atoms with E-state index in [0.717, 1.165) is 16.8 Å². The molecule has 0 bridgehead atoms. The summed E-state index contributed by atoms with van der Waals surface area (Å²) >= 11 is 0. The molecule has 0 amide bonds. The van der Waals surface area contributed by atoms with Crippen molar-refractivity contribution in [3.63, 3.8) is 0 Å². The number of hydrogen-bond acceptors (Lipinski definition) is 15. The van der Waals surface area contributed by atoms with Crippen LogP contribution in [-0.4, -0.2) is 107 Å². The molecule has 214 valence electrons. The number of aromatic nitrogens is 2. The van der Waals surface area contributed by atoms with Gasteiger partial charge in [-0.15, -0.1) is 0 Å². The molecule has 2 fully saturated rings. The molecule has 7 unspecified atom stereocenters. The van der Waals surface area contributed by atoms with Crippen LogP contribution < -0.4 is 11.2 Å². The second-order valence-electron chi connectivity index (χ2n) is 7.91. The van der Waals surface area contributed by atoms with Crippen molar-refractivity contribution in [1.82, 2.24) is 9.55 Å². The van der Waals surface area contributed by atoms with Gasteiger partial charge in [0.1, 0.15) is 36.6 Å². The molecule has 0 saturated carbocycles. The largest absolute Gasteiger partial charge is 0.483 e. The van der Waals surface area contributed by atoms with Crippen LogP contribution in [0.4, 0.5) is 0 Å². The van der Waals surface area contributed by atoms with Gasteiger partial charge in [0.05, 0.1) is 19.3 Å². The van der Waals surface area contributed by atoms with Gasteiger partial charge >= 0.3 is 21.3 Å². The third-order valence-electron chi connectivity index (χ3n) is 5.30. The van der Waals surface area contributed by atoms with E-state index >= 15 is 0 Å². The van der Waals surface area contributed by atoms with E-state index in [9.17, 15) is 54.0 Å². The third kappa shape index (κ3) is 7.13. The van der Waals surface area contributed by atoms with Gasteiger partial charge in [-0.25, -0.2) is 13.9 Å².